The van der Waals surface area contributed by atoms with Gasteiger partial charge >= 0.3 is 0 Å². The molecule has 0 aliphatic carbocycles. The molecule has 0 amide bonds. The number of phenols is 1. The van der Waals surface area contributed by atoms with Gasteiger partial charge in [0.1, 0.15) is 0 Å². The average Bonchev–Trinajstić information content (AvgIpc) is 2.39. The quantitative estimate of drug-likeness (QED) is 0.911. The number of anilines is 1. The standard InChI is InChI=1S/C16H19NO2/c1-12-4-7-14(8-5-12)17(2)11-13-6-9-16(19-3)15(18)10-13/h4-10,18H,11H2,1-3H3. The van der Waals surface area contributed by atoms with E-state index >= 15 is 0 Å². The summed E-state index contributed by atoms with van der Waals surface area (Å²) in [6, 6.07) is 13.9. The van der Waals surface area contributed by atoms with E-state index in [1.54, 1.807) is 19.2 Å². The number of aryl methyl sites for hydroxylation is 1. The number of phenolic OH excluding ortho intramolecular Hbond substituents is 1. The van der Waals surface area contributed by atoms with Crippen LogP contribution in [0.3, 0.4) is 0 Å². The number of hydrogen-bond donors (Lipinski definition) is 1. The molecule has 0 aliphatic rings. The van der Waals surface area contributed by atoms with Crippen LogP contribution in [0.5, 0.6) is 11.5 Å². The van der Waals surface area contributed by atoms with Gasteiger partial charge in [-0.15, -0.1) is 0 Å². The largest absolute Gasteiger partial charge is 0.504 e. The highest BCUT2D eigenvalue weighted by molar-refractivity contribution is 5.48. The average molecular weight is 257 g/mol. The van der Waals surface area contributed by atoms with Crippen LogP contribution in [-0.2, 0) is 6.54 Å². The lowest BCUT2D eigenvalue weighted by molar-refractivity contribution is 0.373. The number of aromatic hydroxyl groups is 1. The van der Waals surface area contributed by atoms with Crippen LogP contribution >= 0.6 is 0 Å². The molecule has 0 spiro atoms. The van der Waals surface area contributed by atoms with Gasteiger partial charge < -0.3 is 14.7 Å². The van der Waals surface area contributed by atoms with E-state index in [2.05, 4.69) is 36.1 Å². The number of hydrogen-bond acceptors (Lipinski definition) is 3. The van der Waals surface area contributed by atoms with Gasteiger partial charge in [-0.25, -0.2) is 0 Å². The molecule has 3 heteroatoms. The molecule has 0 saturated carbocycles. The summed E-state index contributed by atoms with van der Waals surface area (Å²) in [4.78, 5) is 2.14. The number of benzene rings is 2. The lowest BCUT2D eigenvalue weighted by Gasteiger charge is -2.20. The fraction of sp³-hybridized carbons (Fsp3) is 0.250. The Morgan fingerprint density at radius 3 is 2.37 bits per heavy atom. The van der Waals surface area contributed by atoms with Crippen LogP contribution in [0.2, 0.25) is 0 Å². The fourth-order valence-corrected chi connectivity index (χ4v) is 2.00. The lowest BCUT2D eigenvalue weighted by atomic mass is 10.1. The smallest absolute Gasteiger partial charge is 0.160 e. The summed E-state index contributed by atoms with van der Waals surface area (Å²) < 4.78 is 5.04. The first kappa shape index (κ1) is 13.3. The number of nitrogens with zero attached hydrogens (tertiary/aromatic N) is 1. The maximum Gasteiger partial charge on any atom is 0.160 e. The zero-order valence-electron chi connectivity index (χ0n) is 11.6. The minimum Gasteiger partial charge on any atom is -0.504 e. The molecular weight excluding hydrogens is 238 g/mol. The first-order valence-corrected chi connectivity index (χ1v) is 6.24. The molecular formula is C16H19NO2. The molecule has 0 unspecified atom stereocenters. The Balaban J connectivity index is 2.12. The van der Waals surface area contributed by atoms with Gasteiger partial charge in [0.05, 0.1) is 7.11 Å². The Hall–Kier alpha value is -2.16. The minimum absolute atomic E-state index is 0.178. The zero-order valence-corrected chi connectivity index (χ0v) is 11.6. The molecule has 3 nitrogen and oxygen atoms in total. The van der Waals surface area contributed by atoms with Gasteiger partial charge in [0.15, 0.2) is 11.5 Å². The van der Waals surface area contributed by atoms with Crippen LogP contribution in [0.4, 0.5) is 5.69 Å². The third kappa shape index (κ3) is 3.19. The summed E-state index contributed by atoms with van der Waals surface area (Å²) >= 11 is 0. The van der Waals surface area contributed by atoms with E-state index in [9.17, 15) is 5.11 Å². The highest BCUT2D eigenvalue weighted by Crippen LogP contribution is 2.27. The van der Waals surface area contributed by atoms with Gasteiger partial charge in [0, 0.05) is 19.3 Å². The van der Waals surface area contributed by atoms with E-state index < -0.39 is 0 Å². The second-order valence-corrected chi connectivity index (χ2v) is 4.70. The Bertz CT molecular complexity index is 549. The van der Waals surface area contributed by atoms with Gasteiger partial charge in [0.25, 0.3) is 0 Å². The Kier molecular flexibility index (Phi) is 3.95. The van der Waals surface area contributed by atoms with Crippen molar-refractivity contribution in [2.24, 2.45) is 0 Å². The summed E-state index contributed by atoms with van der Waals surface area (Å²) in [6.07, 6.45) is 0. The Morgan fingerprint density at radius 1 is 1.11 bits per heavy atom. The van der Waals surface area contributed by atoms with Crippen LogP contribution in [0.1, 0.15) is 11.1 Å². The molecule has 1 N–H and O–H groups in total. The highest BCUT2D eigenvalue weighted by Gasteiger charge is 2.05. The number of rotatable bonds is 4. The van der Waals surface area contributed by atoms with Gasteiger partial charge in [-0.1, -0.05) is 23.8 Å². The second kappa shape index (κ2) is 5.65. The molecule has 0 saturated heterocycles. The normalized spacial score (nSPS) is 10.3. The van der Waals surface area contributed by atoms with Crippen LogP contribution in [-0.4, -0.2) is 19.3 Å². The predicted octanol–water partition coefficient (Wildman–Crippen LogP) is 3.35. The third-order valence-electron chi connectivity index (χ3n) is 3.14. The van der Waals surface area contributed by atoms with Gasteiger partial charge in [-0.3, -0.25) is 0 Å². The van der Waals surface area contributed by atoms with Gasteiger partial charge in [-0.05, 0) is 36.8 Å². The van der Waals surface area contributed by atoms with Gasteiger partial charge in [0.2, 0.25) is 0 Å². The molecule has 2 aromatic rings. The summed E-state index contributed by atoms with van der Waals surface area (Å²) in [6.45, 7) is 2.81. The van der Waals surface area contributed by atoms with Crippen LogP contribution in [0.25, 0.3) is 0 Å². The first-order valence-electron chi connectivity index (χ1n) is 6.24. The van der Waals surface area contributed by atoms with Crippen molar-refractivity contribution in [2.45, 2.75) is 13.5 Å². The minimum atomic E-state index is 0.178. The maximum atomic E-state index is 9.77. The van der Waals surface area contributed by atoms with Crippen molar-refractivity contribution in [2.75, 3.05) is 19.1 Å². The fourth-order valence-electron chi connectivity index (χ4n) is 2.00. The monoisotopic (exact) mass is 257 g/mol. The van der Waals surface area contributed by atoms with Crippen LogP contribution in [0, 0.1) is 6.92 Å². The van der Waals surface area contributed by atoms with Crippen molar-refractivity contribution >= 4 is 5.69 Å². The van der Waals surface area contributed by atoms with Crippen LogP contribution < -0.4 is 9.64 Å². The highest BCUT2D eigenvalue weighted by atomic mass is 16.5. The predicted molar refractivity (Wildman–Crippen MR) is 77.9 cm³/mol. The molecule has 19 heavy (non-hydrogen) atoms. The van der Waals surface area contributed by atoms with Crippen molar-refractivity contribution in [3.8, 4) is 11.5 Å². The van der Waals surface area contributed by atoms with Crippen LogP contribution in [0.15, 0.2) is 42.5 Å². The zero-order chi connectivity index (χ0) is 13.8. The van der Waals surface area contributed by atoms with Crippen molar-refractivity contribution < 1.29 is 9.84 Å². The molecule has 0 bridgehead atoms. The number of ether oxygens (including phenoxy) is 1. The summed E-state index contributed by atoms with van der Waals surface area (Å²) in [7, 11) is 3.58. The molecule has 0 aromatic heterocycles. The third-order valence-corrected chi connectivity index (χ3v) is 3.14. The van der Waals surface area contributed by atoms with E-state index in [1.165, 1.54) is 5.56 Å². The van der Waals surface area contributed by atoms with Crippen molar-refractivity contribution in [1.29, 1.82) is 0 Å². The summed E-state index contributed by atoms with van der Waals surface area (Å²) in [5, 5.41) is 9.77. The lowest BCUT2D eigenvalue weighted by Crippen LogP contribution is -2.16. The molecule has 0 atom stereocenters. The number of methoxy groups -OCH3 is 1. The molecule has 2 rings (SSSR count). The molecule has 2 aromatic carbocycles. The van der Waals surface area contributed by atoms with Crippen molar-refractivity contribution in [1.82, 2.24) is 0 Å². The topological polar surface area (TPSA) is 32.7 Å². The Morgan fingerprint density at radius 2 is 1.79 bits per heavy atom. The van der Waals surface area contributed by atoms with E-state index in [4.69, 9.17) is 4.74 Å². The summed E-state index contributed by atoms with van der Waals surface area (Å²) in [5.41, 5.74) is 3.45. The van der Waals surface area contributed by atoms with Gasteiger partial charge in [-0.2, -0.15) is 0 Å². The van der Waals surface area contributed by atoms with Crippen molar-refractivity contribution in [3.63, 3.8) is 0 Å². The van der Waals surface area contributed by atoms with Crippen molar-refractivity contribution in [3.05, 3.63) is 53.6 Å². The molecule has 0 aliphatic heterocycles. The molecule has 0 fully saturated rings. The van der Waals surface area contributed by atoms with E-state index in [0.717, 1.165) is 17.8 Å². The SMILES string of the molecule is COc1ccc(CN(C)c2ccc(C)cc2)cc1O. The first-order chi connectivity index (χ1) is 9.10. The van der Waals surface area contributed by atoms with E-state index in [0.29, 0.717) is 5.75 Å². The van der Waals surface area contributed by atoms with E-state index in [-0.39, 0.29) is 5.75 Å². The molecule has 0 heterocycles. The molecule has 0 radical (unpaired) electrons. The molecule has 100 valence electrons. The van der Waals surface area contributed by atoms with E-state index in [1.807, 2.05) is 13.1 Å². The summed E-state index contributed by atoms with van der Waals surface area (Å²) in [5.74, 6) is 0.680. The second-order valence-electron chi connectivity index (χ2n) is 4.70. The maximum absolute atomic E-state index is 9.77. The Labute approximate surface area is 114 Å².